The van der Waals surface area contributed by atoms with E-state index in [0.29, 0.717) is 11.6 Å². The molecule has 1 aliphatic carbocycles. The van der Waals surface area contributed by atoms with Crippen molar-refractivity contribution in [2.24, 2.45) is 5.16 Å². The summed E-state index contributed by atoms with van der Waals surface area (Å²) < 4.78 is 0. The van der Waals surface area contributed by atoms with E-state index in [9.17, 15) is 0 Å². The highest BCUT2D eigenvalue weighted by molar-refractivity contribution is 5.99. The highest BCUT2D eigenvalue weighted by Crippen LogP contribution is 2.44. The third kappa shape index (κ3) is 1.46. The second-order valence-corrected chi connectivity index (χ2v) is 4.80. The molecule has 0 unspecified atom stereocenters. The fourth-order valence-electron chi connectivity index (χ4n) is 2.74. The van der Waals surface area contributed by atoms with Crippen molar-refractivity contribution in [1.29, 1.82) is 0 Å². The van der Waals surface area contributed by atoms with Gasteiger partial charge in [-0.05, 0) is 40.8 Å². The molecule has 1 atom stereocenters. The first-order valence-corrected chi connectivity index (χ1v) is 6.14. The molecule has 0 aromatic heterocycles. The molecule has 1 N–H and O–H groups in total. The smallest absolute Gasteiger partial charge is 0.0837 e. The lowest BCUT2D eigenvalue weighted by Crippen LogP contribution is -1.97. The summed E-state index contributed by atoms with van der Waals surface area (Å²) in [7, 11) is 0. The van der Waals surface area contributed by atoms with Crippen molar-refractivity contribution in [3.63, 3.8) is 0 Å². The maximum Gasteiger partial charge on any atom is 0.0837 e. The van der Waals surface area contributed by atoms with Crippen LogP contribution in [0.4, 0.5) is 0 Å². The van der Waals surface area contributed by atoms with Gasteiger partial charge in [0, 0.05) is 5.92 Å². The van der Waals surface area contributed by atoms with E-state index >= 15 is 0 Å². The summed E-state index contributed by atoms with van der Waals surface area (Å²) >= 11 is 0. The fourth-order valence-corrected chi connectivity index (χ4v) is 2.74. The molecule has 2 nitrogen and oxygen atoms in total. The molecule has 0 heterocycles. The summed E-state index contributed by atoms with van der Waals surface area (Å²) in [5.41, 5.74) is 6.95. The molecule has 0 aliphatic heterocycles. The standard InChI is InChI=1S/C16H15NO/c1-10-13-5-3-4-6-14(13)15-8-7-12(9-16(10)15)11(2)17-18/h3-10,18H,1-2H3/b17-11+/t10-/m0/s1. The first-order valence-electron chi connectivity index (χ1n) is 6.14. The van der Waals surface area contributed by atoms with E-state index in [1.54, 1.807) is 0 Å². The Morgan fingerprint density at radius 1 is 1.06 bits per heavy atom. The minimum Gasteiger partial charge on any atom is -0.411 e. The summed E-state index contributed by atoms with van der Waals surface area (Å²) in [6.07, 6.45) is 0. The molecule has 1 aliphatic rings. The van der Waals surface area contributed by atoms with Crippen LogP contribution in [0.3, 0.4) is 0 Å². The molecule has 0 fully saturated rings. The lowest BCUT2D eigenvalue weighted by molar-refractivity contribution is 0.319. The Kier molecular flexibility index (Phi) is 2.44. The maximum atomic E-state index is 8.86. The molecule has 2 aromatic rings. The van der Waals surface area contributed by atoms with Gasteiger partial charge < -0.3 is 5.21 Å². The monoisotopic (exact) mass is 237 g/mol. The third-order valence-corrected chi connectivity index (χ3v) is 3.80. The zero-order valence-corrected chi connectivity index (χ0v) is 10.5. The highest BCUT2D eigenvalue weighted by Gasteiger charge is 2.25. The molecular weight excluding hydrogens is 222 g/mol. The number of hydrogen-bond acceptors (Lipinski definition) is 2. The first kappa shape index (κ1) is 11.0. The van der Waals surface area contributed by atoms with Crippen molar-refractivity contribution in [2.75, 3.05) is 0 Å². The summed E-state index contributed by atoms with van der Waals surface area (Å²) in [5.74, 6) is 0.405. The van der Waals surface area contributed by atoms with Crippen molar-refractivity contribution in [3.05, 3.63) is 59.2 Å². The van der Waals surface area contributed by atoms with E-state index in [1.165, 1.54) is 22.3 Å². The Labute approximate surface area is 107 Å². The summed E-state index contributed by atoms with van der Waals surface area (Å²) in [5, 5.41) is 12.1. The van der Waals surface area contributed by atoms with Crippen LogP contribution in [0, 0.1) is 0 Å². The van der Waals surface area contributed by atoms with Gasteiger partial charge in [0.15, 0.2) is 0 Å². The Morgan fingerprint density at radius 2 is 1.78 bits per heavy atom. The van der Waals surface area contributed by atoms with E-state index < -0.39 is 0 Å². The van der Waals surface area contributed by atoms with E-state index in [0.717, 1.165) is 5.56 Å². The molecule has 0 spiro atoms. The topological polar surface area (TPSA) is 32.6 Å². The van der Waals surface area contributed by atoms with Crippen molar-refractivity contribution in [3.8, 4) is 11.1 Å². The summed E-state index contributed by atoms with van der Waals surface area (Å²) in [6, 6.07) is 14.8. The molecule has 0 amide bonds. The van der Waals surface area contributed by atoms with Gasteiger partial charge in [-0.15, -0.1) is 0 Å². The average Bonchev–Trinajstić information content (AvgIpc) is 2.72. The Morgan fingerprint density at radius 3 is 2.56 bits per heavy atom. The van der Waals surface area contributed by atoms with E-state index in [4.69, 9.17) is 5.21 Å². The summed E-state index contributed by atoms with van der Waals surface area (Å²) in [6.45, 7) is 4.04. The van der Waals surface area contributed by atoms with Crippen LogP contribution in [0.1, 0.15) is 36.5 Å². The normalized spacial score (nSPS) is 17.4. The molecule has 2 heteroatoms. The minimum atomic E-state index is 0.405. The molecule has 0 saturated carbocycles. The number of benzene rings is 2. The lowest BCUT2D eigenvalue weighted by Gasteiger charge is -2.07. The van der Waals surface area contributed by atoms with Crippen LogP contribution in [-0.2, 0) is 0 Å². The van der Waals surface area contributed by atoms with Crippen LogP contribution < -0.4 is 0 Å². The second-order valence-electron chi connectivity index (χ2n) is 4.80. The molecule has 0 saturated heterocycles. The van der Waals surface area contributed by atoms with Crippen LogP contribution in [0.2, 0.25) is 0 Å². The Hall–Kier alpha value is -2.09. The molecule has 2 aromatic carbocycles. The number of oxime groups is 1. The average molecular weight is 237 g/mol. The molecule has 0 radical (unpaired) electrons. The molecule has 0 bridgehead atoms. The van der Waals surface area contributed by atoms with Gasteiger partial charge in [0.2, 0.25) is 0 Å². The van der Waals surface area contributed by atoms with Gasteiger partial charge in [0.25, 0.3) is 0 Å². The van der Waals surface area contributed by atoms with E-state index in [2.05, 4.69) is 48.5 Å². The predicted molar refractivity (Wildman–Crippen MR) is 73.4 cm³/mol. The largest absolute Gasteiger partial charge is 0.411 e. The quantitative estimate of drug-likeness (QED) is 0.453. The van der Waals surface area contributed by atoms with E-state index in [-0.39, 0.29) is 0 Å². The number of nitrogens with zero attached hydrogens (tertiary/aromatic N) is 1. The minimum absolute atomic E-state index is 0.405. The maximum absolute atomic E-state index is 8.86. The van der Waals surface area contributed by atoms with Crippen LogP contribution >= 0.6 is 0 Å². The molecule has 3 rings (SSSR count). The number of hydrogen-bond donors (Lipinski definition) is 1. The van der Waals surface area contributed by atoms with Crippen molar-refractivity contribution in [1.82, 2.24) is 0 Å². The van der Waals surface area contributed by atoms with Crippen molar-refractivity contribution >= 4 is 5.71 Å². The molecular formula is C16H15NO. The van der Waals surface area contributed by atoms with Crippen LogP contribution in [0.5, 0.6) is 0 Å². The van der Waals surface area contributed by atoms with Gasteiger partial charge in [0.05, 0.1) is 5.71 Å². The van der Waals surface area contributed by atoms with Crippen LogP contribution in [-0.4, -0.2) is 10.9 Å². The van der Waals surface area contributed by atoms with Gasteiger partial charge >= 0.3 is 0 Å². The zero-order valence-electron chi connectivity index (χ0n) is 10.5. The SMILES string of the molecule is C/C(=N\O)c1ccc2c(c1)[C@@H](C)c1ccccc1-2. The van der Waals surface area contributed by atoms with Crippen molar-refractivity contribution < 1.29 is 5.21 Å². The van der Waals surface area contributed by atoms with Gasteiger partial charge in [-0.2, -0.15) is 0 Å². The molecule has 18 heavy (non-hydrogen) atoms. The van der Waals surface area contributed by atoms with Crippen LogP contribution in [0.25, 0.3) is 11.1 Å². The number of rotatable bonds is 1. The van der Waals surface area contributed by atoms with Gasteiger partial charge in [0.1, 0.15) is 0 Å². The van der Waals surface area contributed by atoms with E-state index in [1.807, 2.05) is 13.0 Å². The van der Waals surface area contributed by atoms with Gasteiger partial charge in [-0.1, -0.05) is 48.5 Å². The fraction of sp³-hybridized carbons (Fsp3) is 0.188. The summed E-state index contributed by atoms with van der Waals surface area (Å²) in [4.78, 5) is 0. The van der Waals surface area contributed by atoms with Crippen molar-refractivity contribution in [2.45, 2.75) is 19.8 Å². The second kappa shape index (κ2) is 3.98. The van der Waals surface area contributed by atoms with Gasteiger partial charge in [-0.3, -0.25) is 0 Å². The number of fused-ring (bicyclic) bond motifs is 3. The zero-order chi connectivity index (χ0) is 12.7. The Balaban J connectivity index is 2.20. The Bertz CT molecular complexity index is 643. The van der Waals surface area contributed by atoms with Crippen LogP contribution in [0.15, 0.2) is 47.6 Å². The lowest BCUT2D eigenvalue weighted by atomic mass is 9.97. The molecule has 90 valence electrons. The highest BCUT2D eigenvalue weighted by atomic mass is 16.4. The first-order chi connectivity index (χ1) is 8.72. The predicted octanol–water partition coefficient (Wildman–Crippen LogP) is 4.02. The van der Waals surface area contributed by atoms with Gasteiger partial charge in [-0.25, -0.2) is 0 Å². The third-order valence-electron chi connectivity index (χ3n) is 3.80.